The molecular formula is C18H21N5O4. The number of carbonyl (C=O) groups excluding carboxylic acids is 1. The molecule has 2 heterocycles. The Morgan fingerprint density at radius 3 is 2.37 bits per heavy atom. The van der Waals surface area contributed by atoms with E-state index in [0.29, 0.717) is 32.7 Å². The molecule has 0 N–H and O–H groups in total. The summed E-state index contributed by atoms with van der Waals surface area (Å²) in [6, 6.07) is 9.25. The predicted octanol–water partition coefficient (Wildman–Crippen LogP) is 1.52. The van der Waals surface area contributed by atoms with E-state index in [-0.39, 0.29) is 22.8 Å². The van der Waals surface area contributed by atoms with Gasteiger partial charge >= 0.3 is 0 Å². The number of hydrogen-bond donors (Lipinski definition) is 0. The van der Waals surface area contributed by atoms with Crippen LogP contribution >= 0.6 is 0 Å². The highest BCUT2D eigenvalue weighted by atomic mass is 16.6. The van der Waals surface area contributed by atoms with Crippen molar-refractivity contribution >= 4 is 17.3 Å². The summed E-state index contributed by atoms with van der Waals surface area (Å²) in [5.41, 5.74) is 1.01. The molecule has 0 saturated carbocycles. The Labute approximate surface area is 156 Å². The smallest absolute Gasteiger partial charge is 0.274 e. The fourth-order valence-corrected chi connectivity index (χ4v) is 3.05. The monoisotopic (exact) mass is 371 g/mol. The number of nitro benzene ring substituents is 1. The highest BCUT2D eigenvalue weighted by molar-refractivity contribution is 5.92. The van der Waals surface area contributed by atoms with E-state index >= 15 is 0 Å². The zero-order chi connectivity index (χ0) is 19.4. The van der Waals surface area contributed by atoms with E-state index in [4.69, 9.17) is 0 Å². The first-order valence-corrected chi connectivity index (χ1v) is 8.86. The molecule has 3 rings (SSSR count). The van der Waals surface area contributed by atoms with Crippen molar-refractivity contribution < 1.29 is 9.72 Å². The second-order valence-corrected chi connectivity index (χ2v) is 6.33. The van der Waals surface area contributed by atoms with Gasteiger partial charge in [0.15, 0.2) is 0 Å². The van der Waals surface area contributed by atoms with E-state index in [1.165, 1.54) is 28.9 Å². The molecule has 1 aromatic carbocycles. The van der Waals surface area contributed by atoms with Gasteiger partial charge in [-0.05, 0) is 24.6 Å². The van der Waals surface area contributed by atoms with Crippen molar-refractivity contribution in [2.75, 3.05) is 31.1 Å². The zero-order valence-corrected chi connectivity index (χ0v) is 15.1. The van der Waals surface area contributed by atoms with E-state index in [0.717, 1.165) is 12.1 Å². The number of nitrogens with zero attached hydrogens (tertiary/aromatic N) is 5. The molecule has 0 spiro atoms. The largest absolute Gasteiger partial charge is 0.368 e. The molecule has 1 aliphatic heterocycles. The molecule has 0 bridgehead atoms. The Balaban J connectivity index is 1.65. The number of aryl methyl sites for hydroxylation is 1. The lowest BCUT2D eigenvalue weighted by Gasteiger charge is -2.35. The summed E-state index contributed by atoms with van der Waals surface area (Å²) in [5.74, 6) is -0.191. The predicted molar refractivity (Wildman–Crippen MR) is 100 cm³/mol. The number of rotatable bonds is 5. The minimum atomic E-state index is -0.425. The first kappa shape index (κ1) is 18.6. The molecule has 27 heavy (non-hydrogen) atoms. The van der Waals surface area contributed by atoms with Gasteiger partial charge in [0.1, 0.15) is 5.69 Å². The van der Waals surface area contributed by atoms with Crippen LogP contribution in [0, 0.1) is 10.1 Å². The van der Waals surface area contributed by atoms with Gasteiger partial charge in [-0.3, -0.25) is 19.7 Å². The molecule has 0 aliphatic carbocycles. The van der Waals surface area contributed by atoms with Crippen LogP contribution in [-0.2, 0) is 6.54 Å². The highest BCUT2D eigenvalue weighted by Crippen LogP contribution is 2.21. The van der Waals surface area contributed by atoms with Gasteiger partial charge in [0.25, 0.3) is 17.2 Å². The SMILES string of the molecule is CCCn1nc(C(=O)N2CCN(c3ccc([N+](=O)[O-])cc3)CC2)ccc1=O. The molecule has 9 nitrogen and oxygen atoms in total. The molecule has 0 atom stereocenters. The van der Waals surface area contributed by atoms with Gasteiger partial charge in [0.2, 0.25) is 0 Å². The third-order valence-electron chi connectivity index (χ3n) is 4.51. The Hall–Kier alpha value is -3.23. The lowest BCUT2D eigenvalue weighted by molar-refractivity contribution is -0.384. The first-order valence-electron chi connectivity index (χ1n) is 8.86. The summed E-state index contributed by atoms with van der Waals surface area (Å²) in [6.45, 7) is 4.71. The Bertz CT molecular complexity index is 885. The van der Waals surface area contributed by atoms with Crippen LogP contribution in [0.25, 0.3) is 0 Å². The molecule has 1 aliphatic rings. The summed E-state index contributed by atoms with van der Waals surface area (Å²) >= 11 is 0. The lowest BCUT2D eigenvalue weighted by atomic mass is 10.2. The highest BCUT2D eigenvalue weighted by Gasteiger charge is 2.24. The molecule has 0 unspecified atom stereocenters. The van der Waals surface area contributed by atoms with Gasteiger partial charge in [-0.2, -0.15) is 5.10 Å². The van der Waals surface area contributed by atoms with Crippen LogP contribution in [0.15, 0.2) is 41.2 Å². The van der Waals surface area contributed by atoms with E-state index in [9.17, 15) is 19.7 Å². The Morgan fingerprint density at radius 1 is 1.11 bits per heavy atom. The van der Waals surface area contributed by atoms with Gasteiger partial charge in [-0.1, -0.05) is 6.92 Å². The maximum atomic E-state index is 12.7. The number of carbonyl (C=O) groups is 1. The number of benzene rings is 1. The minimum Gasteiger partial charge on any atom is -0.368 e. The van der Waals surface area contributed by atoms with Crippen molar-refractivity contribution in [3.63, 3.8) is 0 Å². The number of aromatic nitrogens is 2. The van der Waals surface area contributed by atoms with Crippen molar-refractivity contribution in [1.82, 2.24) is 14.7 Å². The normalized spacial score (nSPS) is 14.3. The van der Waals surface area contributed by atoms with E-state index < -0.39 is 4.92 Å². The number of hydrogen-bond acceptors (Lipinski definition) is 6. The second-order valence-electron chi connectivity index (χ2n) is 6.33. The molecule has 1 fully saturated rings. The van der Waals surface area contributed by atoms with Gasteiger partial charge in [-0.25, -0.2) is 4.68 Å². The van der Waals surface area contributed by atoms with E-state index in [1.54, 1.807) is 17.0 Å². The first-order chi connectivity index (χ1) is 13.0. The summed E-state index contributed by atoms with van der Waals surface area (Å²) in [4.78, 5) is 38.6. The van der Waals surface area contributed by atoms with Crippen molar-refractivity contribution in [3.05, 3.63) is 62.6 Å². The summed E-state index contributed by atoms with van der Waals surface area (Å²) in [5, 5.41) is 14.9. The number of non-ortho nitro benzene ring substituents is 1. The van der Waals surface area contributed by atoms with Crippen LogP contribution in [-0.4, -0.2) is 51.7 Å². The lowest BCUT2D eigenvalue weighted by Crippen LogP contribution is -2.49. The number of anilines is 1. The fourth-order valence-electron chi connectivity index (χ4n) is 3.05. The minimum absolute atomic E-state index is 0.0563. The summed E-state index contributed by atoms with van der Waals surface area (Å²) in [6.07, 6.45) is 0.762. The molecule has 9 heteroatoms. The molecule has 1 saturated heterocycles. The van der Waals surface area contributed by atoms with Crippen LogP contribution in [0.5, 0.6) is 0 Å². The fraction of sp³-hybridized carbons (Fsp3) is 0.389. The number of amides is 1. The number of nitro groups is 1. The summed E-state index contributed by atoms with van der Waals surface area (Å²) < 4.78 is 1.32. The average Bonchev–Trinajstić information content (AvgIpc) is 2.69. The Morgan fingerprint density at radius 2 is 1.78 bits per heavy atom. The van der Waals surface area contributed by atoms with Crippen LogP contribution in [0.2, 0.25) is 0 Å². The molecule has 1 amide bonds. The maximum Gasteiger partial charge on any atom is 0.274 e. The number of piperazine rings is 1. The Kier molecular flexibility index (Phi) is 5.49. The van der Waals surface area contributed by atoms with Crippen molar-refractivity contribution in [2.45, 2.75) is 19.9 Å². The van der Waals surface area contributed by atoms with E-state index in [1.807, 2.05) is 6.92 Å². The zero-order valence-electron chi connectivity index (χ0n) is 15.1. The average molecular weight is 371 g/mol. The third-order valence-corrected chi connectivity index (χ3v) is 4.51. The summed E-state index contributed by atoms with van der Waals surface area (Å²) in [7, 11) is 0. The molecular weight excluding hydrogens is 350 g/mol. The maximum absolute atomic E-state index is 12.7. The van der Waals surface area contributed by atoms with E-state index in [2.05, 4.69) is 10.00 Å². The van der Waals surface area contributed by atoms with Crippen LogP contribution < -0.4 is 10.5 Å². The van der Waals surface area contributed by atoms with Crippen LogP contribution in [0.3, 0.4) is 0 Å². The van der Waals surface area contributed by atoms with Crippen LogP contribution in [0.4, 0.5) is 11.4 Å². The standard InChI is InChI=1S/C18H21N5O4/c1-2-9-22-17(24)8-7-16(19-22)18(25)21-12-10-20(11-13-21)14-3-5-15(6-4-14)23(26)27/h3-8H,2,9-13H2,1H3. The van der Waals surface area contributed by atoms with Crippen LogP contribution in [0.1, 0.15) is 23.8 Å². The van der Waals surface area contributed by atoms with Gasteiger partial charge in [-0.15, -0.1) is 0 Å². The second kappa shape index (κ2) is 7.98. The quantitative estimate of drug-likeness (QED) is 0.583. The van der Waals surface area contributed by atoms with Gasteiger partial charge in [0.05, 0.1) is 4.92 Å². The molecule has 1 aromatic heterocycles. The van der Waals surface area contributed by atoms with Crippen molar-refractivity contribution in [2.24, 2.45) is 0 Å². The molecule has 2 aromatic rings. The third kappa shape index (κ3) is 4.13. The van der Waals surface area contributed by atoms with Crippen molar-refractivity contribution in [1.29, 1.82) is 0 Å². The molecule has 142 valence electrons. The van der Waals surface area contributed by atoms with Gasteiger partial charge in [0, 0.05) is 56.6 Å². The topological polar surface area (TPSA) is 102 Å². The van der Waals surface area contributed by atoms with Gasteiger partial charge < -0.3 is 9.80 Å². The van der Waals surface area contributed by atoms with Crippen molar-refractivity contribution in [3.8, 4) is 0 Å². The molecule has 0 radical (unpaired) electrons.